The Morgan fingerprint density at radius 3 is 2.81 bits per heavy atom. The van der Waals surface area contributed by atoms with Gasteiger partial charge >= 0.3 is 13.4 Å². The maximum absolute atomic E-state index is 13.6. The van der Waals surface area contributed by atoms with Crippen molar-refractivity contribution in [3.05, 3.63) is 72.6 Å². The molecule has 0 bridgehead atoms. The first-order chi connectivity index (χ1) is 15.2. The zero-order valence-corrected chi connectivity index (χ0v) is 18.3. The van der Waals surface area contributed by atoms with Gasteiger partial charge in [-0.2, -0.15) is 4.39 Å². The van der Waals surface area contributed by atoms with Crippen molar-refractivity contribution < 1.29 is 22.7 Å². The molecule has 32 heavy (non-hydrogen) atoms. The number of azide groups is 1. The van der Waals surface area contributed by atoms with Crippen LogP contribution in [0.2, 0.25) is 5.02 Å². The number of hydrogen-bond acceptors (Lipinski definition) is 7. The van der Waals surface area contributed by atoms with E-state index >= 15 is 0 Å². The van der Waals surface area contributed by atoms with Gasteiger partial charge in [-0.05, 0) is 29.8 Å². The lowest BCUT2D eigenvalue weighted by Crippen LogP contribution is -2.34. The molecule has 0 radical (unpaired) electrons. The molecule has 172 valence electrons. The highest BCUT2D eigenvalue weighted by molar-refractivity contribution is 7.52. The summed E-state index contributed by atoms with van der Waals surface area (Å²) in [7, 11) is -3.85. The maximum Gasteiger partial charge on any atom is 0.458 e. The Balaban J connectivity index is 1.76. The van der Waals surface area contributed by atoms with Crippen LogP contribution in [0.3, 0.4) is 0 Å². The number of aromatic nitrogens is 2. The second-order valence-corrected chi connectivity index (χ2v) is 8.82. The summed E-state index contributed by atoms with van der Waals surface area (Å²) in [5.74, 6) is -0.938. The van der Waals surface area contributed by atoms with Crippen LogP contribution in [0.1, 0.15) is 19.6 Å². The molecule has 4 atom stereocenters. The predicted octanol–water partition coefficient (Wildman–Crippen LogP) is 3.11. The van der Waals surface area contributed by atoms with Crippen LogP contribution in [0, 0.1) is 5.82 Å². The molecule has 0 saturated carbocycles. The quantitative estimate of drug-likeness (QED) is 0.237. The summed E-state index contributed by atoms with van der Waals surface area (Å²) in [5.41, 5.74) is 6.79. The van der Waals surface area contributed by atoms with Gasteiger partial charge in [0.05, 0.1) is 24.9 Å². The minimum Gasteiger partial charge on any atom is -0.413 e. The van der Waals surface area contributed by atoms with Gasteiger partial charge in [0.2, 0.25) is 5.82 Å². The van der Waals surface area contributed by atoms with Gasteiger partial charge in [-0.15, -0.1) is 0 Å². The Labute approximate surface area is 185 Å². The lowest BCUT2D eigenvalue weighted by Gasteiger charge is -2.22. The molecule has 0 spiro atoms. The van der Waals surface area contributed by atoms with Crippen LogP contribution in [0.25, 0.3) is 10.4 Å². The number of nitrogens with one attached hydrogen (secondary N) is 2. The number of rotatable bonds is 9. The summed E-state index contributed by atoms with van der Waals surface area (Å²) in [4.78, 5) is 27.8. The number of hydrogen-bond donors (Lipinski definition) is 2. The van der Waals surface area contributed by atoms with Crippen molar-refractivity contribution >= 4 is 19.3 Å². The van der Waals surface area contributed by atoms with Crippen LogP contribution < -0.4 is 20.9 Å². The van der Waals surface area contributed by atoms with E-state index in [1.165, 1.54) is 12.1 Å². The van der Waals surface area contributed by atoms with E-state index in [1.54, 1.807) is 19.1 Å². The van der Waals surface area contributed by atoms with Gasteiger partial charge in [-0.1, -0.05) is 23.6 Å². The number of benzene rings is 1. The molecule has 1 aliphatic heterocycles. The summed E-state index contributed by atoms with van der Waals surface area (Å²) in [5, 5.41) is 6.72. The summed E-state index contributed by atoms with van der Waals surface area (Å²) in [6, 6.07) is 5.31. The fraction of sp³-hybridized carbons (Fsp3) is 0.412. The lowest BCUT2D eigenvalue weighted by atomic mass is 10.1. The number of ether oxygens (including phenoxy) is 1. The molecule has 3 rings (SSSR count). The Kier molecular flexibility index (Phi) is 7.73. The van der Waals surface area contributed by atoms with Crippen LogP contribution >= 0.6 is 19.3 Å². The van der Waals surface area contributed by atoms with Crippen molar-refractivity contribution in [3.63, 3.8) is 0 Å². The zero-order chi connectivity index (χ0) is 23.3. The first kappa shape index (κ1) is 24.0. The zero-order valence-electron chi connectivity index (χ0n) is 16.7. The molecule has 2 aromatic rings. The first-order valence-electron chi connectivity index (χ1n) is 9.40. The molecule has 1 aromatic heterocycles. The Morgan fingerprint density at radius 2 is 2.16 bits per heavy atom. The van der Waals surface area contributed by atoms with Gasteiger partial charge in [0.15, 0.2) is 0 Å². The molecular weight excluding hydrogens is 470 g/mol. The van der Waals surface area contributed by atoms with Crippen LogP contribution in [0.15, 0.2) is 45.2 Å². The highest BCUT2D eigenvalue weighted by atomic mass is 35.5. The second-order valence-electron chi connectivity index (χ2n) is 6.63. The third-order valence-corrected chi connectivity index (χ3v) is 6.33. The topological polar surface area (TPSA) is 160 Å². The molecule has 12 nitrogen and oxygen atoms in total. The molecule has 1 fully saturated rings. The van der Waals surface area contributed by atoms with Crippen molar-refractivity contribution in [2.24, 2.45) is 5.11 Å². The summed E-state index contributed by atoms with van der Waals surface area (Å²) in [6.45, 7) is 1.62. The van der Waals surface area contributed by atoms with Crippen LogP contribution in [-0.2, 0) is 13.8 Å². The van der Waals surface area contributed by atoms with Gasteiger partial charge < -0.3 is 9.26 Å². The normalized spacial score (nSPS) is 22.2. The number of H-pyrrole nitrogens is 1. The van der Waals surface area contributed by atoms with Crippen molar-refractivity contribution in [1.29, 1.82) is 0 Å². The summed E-state index contributed by atoms with van der Waals surface area (Å²) in [6.07, 6.45) is -1.28. The Hall–Kier alpha value is -2.66. The lowest BCUT2D eigenvalue weighted by molar-refractivity contribution is -0.0244. The fourth-order valence-corrected chi connectivity index (χ4v) is 4.47. The monoisotopic (exact) mass is 488 g/mol. The molecule has 1 saturated heterocycles. The molecule has 2 unspecified atom stereocenters. The summed E-state index contributed by atoms with van der Waals surface area (Å²) < 4.78 is 44.2. The van der Waals surface area contributed by atoms with E-state index in [2.05, 4.69) is 15.1 Å². The van der Waals surface area contributed by atoms with E-state index in [0.717, 1.165) is 4.57 Å². The van der Waals surface area contributed by atoms with Gasteiger partial charge in [0.1, 0.15) is 12.0 Å². The van der Waals surface area contributed by atoms with E-state index in [-0.39, 0.29) is 25.3 Å². The fourth-order valence-electron chi connectivity index (χ4n) is 3.00. The van der Waals surface area contributed by atoms with E-state index in [9.17, 15) is 18.5 Å². The number of nitrogens with zero attached hydrogens (tertiary/aromatic N) is 4. The van der Waals surface area contributed by atoms with Crippen LogP contribution in [0.5, 0.6) is 5.75 Å². The molecular formula is C17H19ClFN6O6P. The van der Waals surface area contributed by atoms with Gasteiger partial charge in [-0.3, -0.25) is 18.9 Å². The average molecular weight is 489 g/mol. The third kappa shape index (κ3) is 5.77. The van der Waals surface area contributed by atoms with Crippen molar-refractivity contribution in [2.75, 3.05) is 13.2 Å². The molecule has 0 amide bonds. The number of halogens is 2. The molecule has 2 N–H and O–H groups in total. The molecule has 2 heterocycles. The molecule has 0 aliphatic carbocycles. The summed E-state index contributed by atoms with van der Waals surface area (Å²) >= 11 is 5.84. The number of aromatic amines is 1. The molecule has 1 aromatic carbocycles. The molecule has 15 heteroatoms. The van der Waals surface area contributed by atoms with Crippen molar-refractivity contribution in [1.82, 2.24) is 14.6 Å². The smallest absolute Gasteiger partial charge is 0.413 e. The van der Waals surface area contributed by atoms with E-state index in [0.29, 0.717) is 11.2 Å². The van der Waals surface area contributed by atoms with Gasteiger partial charge in [0.25, 0.3) is 5.56 Å². The van der Waals surface area contributed by atoms with E-state index < -0.39 is 43.2 Å². The maximum atomic E-state index is 13.6. The Morgan fingerprint density at radius 1 is 1.44 bits per heavy atom. The highest BCUT2D eigenvalue weighted by Gasteiger charge is 2.39. The predicted molar refractivity (Wildman–Crippen MR) is 112 cm³/mol. The largest absolute Gasteiger partial charge is 0.458 e. The SMILES string of the molecule is CCNP(=O)(OC[C@H]1O[C@@H](n2cc(F)c(=O)[nH]c2=O)CC1N=[N+]=[N-])Oc1ccc(Cl)cc1. The van der Waals surface area contributed by atoms with Crippen LogP contribution in [0.4, 0.5) is 4.39 Å². The standard InChI is InChI=1S/C17H19ClFN6O6P/c1-2-21-32(28,31-11-5-3-10(18)4-6-11)29-9-14-13(23-24-20)7-15(30-14)25-8-12(19)16(26)22-17(25)27/h3-6,8,13-15H,2,7,9H2,1H3,(H,21,28)(H,22,26,27)/t13?,14-,15-,32?/m1/s1. The van der Waals surface area contributed by atoms with Gasteiger partial charge in [-0.25, -0.2) is 14.4 Å². The average Bonchev–Trinajstić information content (AvgIpc) is 3.14. The minimum atomic E-state index is -3.85. The van der Waals surface area contributed by atoms with Gasteiger partial charge in [0, 0.05) is 22.9 Å². The molecule has 1 aliphatic rings. The van der Waals surface area contributed by atoms with Crippen LogP contribution in [-0.4, -0.2) is 34.8 Å². The van der Waals surface area contributed by atoms with E-state index in [1.807, 2.05) is 4.98 Å². The first-order valence-corrected chi connectivity index (χ1v) is 11.3. The van der Waals surface area contributed by atoms with Crippen molar-refractivity contribution in [3.8, 4) is 5.75 Å². The Bertz CT molecular complexity index is 1170. The minimum absolute atomic E-state index is 0.00692. The third-order valence-electron chi connectivity index (χ3n) is 4.44. The second kappa shape index (κ2) is 10.3. The highest BCUT2D eigenvalue weighted by Crippen LogP contribution is 2.45. The van der Waals surface area contributed by atoms with Crippen molar-refractivity contribution in [2.45, 2.75) is 31.7 Å². The van der Waals surface area contributed by atoms with E-state index in [4.69, 9.17) is 30.9 Å².